The fraction of sp³-hybridized carbons (Fsp3) is 0.360. The average molecular weight is 423 g/mol. The molecule has 0 saturated heterocycles. The number of fused-ring (bicyclic) bond motifs is 1. The van der Waals surface area contributed by atoms with E-state index in [1.165, 1.54) is 0 Å². The Hall–Kier alpha value is -3.28. The van der Waals surface area contributed by atoms with Gasteiger partial charge in [0.05, 0.1) is 19.9 Å². The monoisotopic (exact) mass is 422 g/mol. The summed E-state index contributed by atoms with van der Waals surface area (Å²) in [6, 6.07) is 11.0. The number of nitrogens with one attached hydrogen (secondary N) is 1. The Morgan fingerprint density at radius 2 is 1.81 bits per heavy atom. The van der Waals surface area contributed by atoms with Gasteiger partial charge in [-0.1, -0.05) is 26.0 Å². The normalized spacial score (nSPS) is 13.2. The number of ether oxygens (including phenoxy) is 2. The molecule has 1 aliphatic rings. The Morgan fingerprint density at radius 3 is 2.48 bits per heavy atom. The largest absolute Gasteiger partial charge is 0.493 e. The maximum absolute atomic E-state index is 13.4. The third-order valence-electron chi connectivity index (χ3n) is 5.30. The van der Waals surface area contributed by atoms with Crippen LogP contribution >= 0.6 is 0 Å². The molecule has 2 aromatic rings. The minimum absolute atomic E-state index is 0.0552. The van der Waals surface area contributed by atoms with Gasteiger partial charge in [0.15, 0.2) is 11.5 Å². The number of ketones is 1. The maximum atomic E-state index is 13.4. The van der Waals surface area contributed by atoms with Crippen molar-refractivity contribution in [3.63, 3.8) is 0 Å². The van der Waals surface area contributed by atoms with Gasteiger partial charge in [0.25, 0.3) is 0 Å². The van der Waals surface area contributed by atoms with Crippen molar-refractivity contribution in [1.82, 2.24) is 4.90 Å². The van der Waals surface area contributed by atoms with Gasteiger partial charge in [-0.15, -0.1) is 0 Å². The smallest absolute Gasteiger partial charge is 0.224 e. The number of benzene rings is 2. The topological polar surface area (TPSA) is 67.9 Å². The first-order valence-electron chi connectivity index (χ1n) is 10.4. The van der Waals surface area contributed by atoms with Crippen molar-refractivity contribution in [3.05, 3.63) is 58.8 Å². The van der Waals surface area contributed by atoms with E-state index in [1.54, 1.807) is 38.5 Å². The second-order valence-corrected chi connectivity index (χ2v) is 8.16. The summed E-state index contributed by atoms with van der Waals surface area (Å²) in [6.45, 7) is 4.69. The summed E-state index contributed by atoms with van der Waals surface area (Å²) in [4.78, 5) is 27.5. The number of carbonyl (C=O) groups is 2. The highest BCUT2D eigenvalue weighted by Gasteiger charge is 2.22. The molecule has 1 N–H and O–H groups in total. The van der Waals surface area contributed by atoms with Gasteiger partial charge in [-0.05, 0) is 53.8 Å². The van der Waals surface area contributed by atoms with Gasteiger partial charge < -0.3 is 19.7 Å². The van der Waals surface area contributed by atoms with E-state index in [9.17, 15) is 9.59 Å². The standard InChI is InChI=1S/C25H30N2O4/c1-16(2)11-24(28)26-20-8-6-7-18(12-20)25(29)21-13-19-15-23(31-5)22(30-4)14-17(19)9-10-27(21)3/h6-8,12-16H,9-11H2,1-5H3,(H,26,28). The molecule has 6 heteroatoms. The van der Waals surface area contributed by atoms with Crippen molar-refractivity contribution in [2.75, 3.05) is 33.1 Å². The third-order valence-corrected chi connectivity index (χ3v) is 5.30. The highest BCUT2D eigenvalue weighted by molar-refractivity contribution is 6.11. The zero-order valence-corrected chi connectivity index (χ0v) is 18.8. The van der Waals surface area contributed by atoms with Crippen LogP contribution in [0, 0.1) is 5.92 Å². The molecule has 0 radical (unpaired) electrons. The van der Waals surface area contributed by atoms with Crippen molar-refractivity contribution in [1.29, 1.82) is 0 Å². The lowest BCUT2D eigenvalue weighted by molar-refractivity contribution is -0.116. The van der Waals surface area contributed by atoms with Gasteiger partial charge in [0.2, 0.25) is 11.7 Å². The second-order valence-electron chi connectivity index (χ2n) is 8.16. The molecule has 3 rings (SSSR count). The molecular formula is C25H30N2O4. The number of Topliss-reactive ketones (excluding diaryl/α,β-unsaturated/α-hetero) is 1. The van der Waals surface area contributed by atoms with E-state index in [0.29, 0.717) is 41.4 Å². The van der Waals surface area contributed by atoms with Crippen LogP contribution in [-0.2, 0) is 11.2 Å². The SMILES string of the molecule is COc1cc2c(cc1OC)CCN(C)C(C(=O)c1cccc(NC(=O)CC(C)C)c1)=C2. The first kappa shape index (κ1) is 22.4. The molecule has 31 heavy (non-hydrogen) atoms. The second kappa shape index (κ2) is 9.69. The van der Waals surface area contributed by atoms with Gasteiger partial charge in [-0.25, -0.2) is 0 Å². The van der Waals surface area contributed by atoms with Gasteiger partial charge in [0, 0.05) is 31.3 Å². The van der Waals surface area contributed by atoms with E-state index >= 15 is 0 Å². The summed E-state index contributed by atoms with van der Waals surface area (Å²) in [5.41, 5.74) is 3.79. The number of rotatable bonds is 7. The molecule has 0 aliphatic carbocycles. The van der Waals surface area contributed by atoms with E-state index in [4.69, 9.17) is 9.47 Å². The minimum Gasteiger partial charge on any atom is -0.493 e. The Labute approximate surface area is 183 Å². The highest BCUT2D eigenvalue weighted by Crippen LogP contribution is 2.34. The highest BCUT2D eigenvalue weighted by atomic mass is 16.5. The van der Waals surface area contributed by atoms with Gasteiger partial charge >= 0.3 is 0 Å². The van der Waals surface area contributed by atoms with Crippen LogP contribution in [0.3, 0.4) is 0 Å². The van der Waals surface area contributed by atoms with Crippen molar-refractivity contribution < 1.29 is 19.1 Å². The first-order chi connectivity index (χ1) is 14.8. The molecule has 0 saturated carbocycles. The third kappa shape index (κ3) is 5.26. The van der Waals surface area contributed by atoms with Crippen LogP contribution < -0.4 is 14.8 Å². The summed E-state index contributed by atoms with van der Waals surface area (Å²) in [5, 5.41) is 2.88. The van der Waals surface area contributed by atoms with E-state index in [-0.39, 0.29) is 17.6 Å². The van der Waals surface area contributed by atoms with E-state index in [0.717, 1.165) is 17.5 Å². The number of hydrogen-bond donors (Lipinski definition) is 1. The first-order valence-corrected chi connectivity index (χ1v) is 10.4. The number of anilines is 1. The van der Waals surface area contributed by atoms with Crippen LogP contribution in [0.25, 0.3) is 6.08 Å². The molecule has 1 aliphatic heterocycles. The van der Waals surface area contributed by atoms with Crippen LogP contribution in [0.2, 0.25) is 0 Å². The lowest BCUT2D eigenvalue weighted by Gasteiger charge is -2.20. The Morgan fingerprint density at radius 1 is 1.10 bits per heavy atom. The number of allylic oxidation sites excluding steroid dienone is 1. The molecule has 0 unspecified atom stereocenters. The van der Waals surface area contributed by atoms with Crippen molar-refractivity contribution in [2.24, 2.45) is 5.92 Å². The fourth-order valence-corrected chi connectivity index (χ4v) is 3.66. The van der Waals surface area contributed by atoms with E-state index < -0.39 is 0 Å². The van der Waals surface area contributed by atoms with Gasteiger partial charge in [-0.2, -0.15) is 0 Å². The number of likely N-dealkylation sites (N-methyl/N-ethyl adjacent to an activating group) is 1. The number of hydrogen-bond acceptors (Lipinski definition) is 5. The van der Waals surface area contributed by atoms with Crippen LogP contribution in [0.5, 0.6) is 11.5 Å². The molecule has 0 bridgehead atoms. The van der Waals surface area contributed by atoms with E-state index in [2.05, 4.69) is 5.32 Å². The predicted octanol–water partition coefficient (Wildman–Crippen LogP) is 4.40. The predicted molar refractivity (Wildman–Crippen MR) is 123 cm³/mol. The Bertz CT molecular complexity index is 1010. The van der Waals surface area contributed by atoms with Crippen molar-refractivity contribution in [3.8, 4) is 11.5 Å². The molecule has 1 heterocycles. The molecule has 164 valence electrons. The molecule has 1 amide bonds. The summed E-state index contributed by atoms with van der Waals surface area (Å²) < 4.78 is 10.9. The molecule has 0 spiro atoms. The molecule has 0 fully saturated rings. The van der Waals surface area contributed by atoms with Crippen LogP contribution in [0.1, 0.15) is 41.8 Å². The van der Waals surface area contributed by atoms with Gasteiger partial charge in [0.1, 0.15) is 0 Å². The fourth-order valence-electron chi connectivity index (χ4n) is 3.66. The Balaban J connectivity index is 1.92. The molecule has 6 nitrogen and oxygen atoms in total. The summed E-state index contributed by atoms with van der Waals surface area (Å²) in [6.07, 6.45) is 3.12. The Kier molecular flexibility index (Phi) is 7.00. The molecule has 0 aromatic heterocycles. The zero-order chi connectivity index (χ0) is 22.5. The number of carbonyl (C=O) groups excluding carboxylic acids is 2. The van der Waals surface area contributed by atoms with Crippen LogP contribution in [0.15, 0.2) is 42.1 Å². The lowest BCUT2D eigenvalue weighted by atomic mass is 10.0. The van der Waals surface area contributed by atoms with Crippen molar-refractivity contribution >= 4 is 23.5 Å². The quantitative estimate of drug-likeness (QED) is 0.670. The van der Waals surface area contributed by atoms with Gasteiger partial charge in [-0.3, -0.25) is 9.59 Å². The molecular weight excluding hydrogens is 392 g/mol. The summed E-state index contributed by atoms with van der Waals surface area (Å²) in [7, 11) is 5.13. The number of methoxy groups -OCH3 is 2. The molecule has 0 atom stereocenters. The van der Waals surface area contributed by atoms with E-state index in [1.807, 2.05) is 44.0 Å². The summed E-state index contributed by atoms with van der Waals surface area (Å²) in [5.74, 6) is 1.43. The maximum Gasteiger partial charge on any atom is 0.224 e. The van der Waals surface area contributed by atoms with Crippen molar-refractivity contribution in [2.45, 2.75) is 26.7 Å². The number of amides is 1. The molecule has 2 aromatic carbocycles. The van der Waals surface area contributed by atoms with Crippen LogP contribution in [0.4, 0.5) is 5.69 Å². The lowest BCUT2D eigenvalue weighted by Crippen LogP contribution is -2.24. The number of nitrogens with zero attached hydrogens (tertiary/aromatic N) is 1. The zero-order valence-electron chi connectivity index (χ0n) is 18.8. The summed E-state index contributed by atoms with van der Waals surface area (Å²) >= 11 is 0. The average Bonchev–Trinajstić information content (AvgIpc) is 2.90. The minimum atomic E-state index is -0.0925. The van der Waals surface area contributed by atoms with Crippen LogP contribution in [-0.4, -0.2) is 44.4 Å².